The first kappa shape index (κ1) is 53.9. The summed E-state index contributed by atoms with van der Waals surface area (Å²) in [5, 5.41) is 8.80. The minimum atomic E-state index is -0.204. The number of allylic oxidation sites excluding steroid dienone is 3. The number of aromatic nitrogens is 16. The number of piperidine rings is 2. The van der Waals surface area contributed by atoms with Gasteiger partial charge in [-0.3, -0.25) is 29.5 Å². The first-order chi connectivity index (χ1) is 36.1. The Balaban J connectivity index is 0.000000169. The van der Waals surface area contributed by atoms with Gasteiger partial charge in [-0.2, -0.15) is 4.98 Å². The molecule has 9 aromatic rings. The van der Waals surface area contributed by atoms with E-state index in [1.54, 1.807) is 83.4 Å². The Hall–Kier alpha value is -7.36. The van der Waals surface area contributed by atoms with Gasteiger partial charge in [0.1, 0.15) is 16.2 Å². The standard InChI is InChI=1S/C28H33N9O.C13H12N6OS.C9H10N4OS.HI/c1-3-14-36-26(38)23-19-31-27(33-25(23)37(36)24-20-29-12-13-30-24)32-21-4-6-22(7-5-21)35-17-10-28(11-18-35)8-15-34(2)16-9-28;1-3-6-18-12(20)9-7-16-13(21-2)17-11(9)19(18)10-8-14-4-5-15-10;1-3-4-13-8(14)6-5-10-9(15-2)11-7(6)12-13;/h3-7,12-13,19-20H,1,8-11,14-18H2,2H3,(H,31,32,33);3-5,7-8H,1,6H2,2H3;3,5H,1,4H2,2H3,(H,10,11,12);1H. The molecule has 0 radical (unpaired) electrons. The molecule has 2 saturated heterocycles. The van der Waals surface area contributed by atoms with Gasteiger partial charge < -0.3 is 15.1 Å². The lowest BCUT2D eigenvalue weighted by Gasteiger charge is -2.46. The van der Waals surface area contributed by atoms with E-state index in [0.717, 1.165) is 18.8 Å². The van der Waals surface area contributed by atoms with Gasteiger partial charge in [0, 0.05) is 67.8 Å². The number of rotatable bonds is 13. The number of nitrogens with zero attached hydrogens (tertiary/aromatic N) is 17. The molecule has 8 aromatic heterocycles. The van der Waals surface area contributed by atoms with Gasteiger partial charge in [-0.25, -0.2) is 58.3 Å². The first-order valence-electron chi connectivity index (χ1n) is 23.7. The lowest BCUT2D eigenvalue weighted by molar-refractivity contribution is 0.0945. The van der Waals surface area contributed by atoms with E-state index in [0.29, 0.717) is 86.0 Å². The van der Waals surface area contributed by atoms with Crippen molar-refractivity contribution in [1.29, 1.82) is 0 Å². The average molecular weight is 1160 g/mol. The van der Waals surface area contributed by atoms with Gasteiger partial charge in [0.15, 0.2) is 38.9 Å². The molecule has 1 spiro atoms. The van der Waals surface area contributed by atoms with Crippen LogP contribution >= 0.6 is 47.5 Å². The van der Waals surface area contributed by atoms with E-state index in [4.69, 9.17) is 0 Å². The Bertz CT molecular complexity index is 3610. The number of halogens is 1. The second kappa shape index (κ2) is 24.3. The van der Waals surface area contributed by atoms with Gasteiger partial charge in [-0.1, -0.05) is 41.8 Å². The average Bonchev–Trinajstić information content (AvgIpc) is 4.02. The fraction of sp³-hybridized carbons (Fsp3) is 0.300. The number of benzene rings is 1. The number of hydrogen-bond donors (Lipinski definition) is 2. The van der Waals surface area contributed by atoms with Crippen molar-refractivity contribution in [1.82, 2.24) is 83.2 Å². The summed E-state index contributed by atoms with van der Waals surface area (Å²) in [5.74, 6) is 1.43. The van der Waals surface area contributed by atoms with Gasteiger partial charge in [0.2, 0.25) is 5.95 Å². The molecule has 22 nitrogen and oxygen atoms in total. The zero-order valence-corrected chi connectivity index (χ0v) is 45.7. The molecule has 1 aromatic carbocycles. The fourth-order valence-corrected chi connectivity index (χ4v) is 9.72. The minimum Gasteiger partial charge on any atom is -0.371 e. The van der Waals surface area contributed by atoms with Gasteiger partial charge >= 0.3 is 0 Å². The summed E-state index contributed by atoms with van der Waals surface area (Å²) in [4.78, 5) is 84.9. The van der Waals surface area contributed by atoms with Crippen LogP contribution in [0.5, 0.6) is 0 Å². The summed E-state index contributed by atoms with van der Waals surface area (Å²) in [7, 11) is 2.23. The normalized spacial score (nSPS) is 14.1. The lowest BCUT2D eigenvalue weighted by Crippen LogP contribution is -2.46. The van der Waals surface area contributed by atoms with Crippen molar-refractivity contribution in [2.75, 3.05) is 56.0 Å². The SMILES string of the molecule is C=CCn1[nH]c2nc(SC)ncc2c1=O.C=CCn1c(=O)c2cnc(Nc3ccc(N4CCC5(CCN(C)CC5)CC4)cc3)nc2n1-c1cnccn1.C=CCn1c(=O)c2cnc(SC)nc2n1-c1cnccn1.I. The van der Waals surface area contributed by atoms with Crippen LogP contribution in [0.25, 0.3) is 44.7 Å². The third-order valence-electron chi connectivity index (χ3n) is 13.0. The van der Waals surface area contributed by atoms with Crippen LogP contribution in [-0.2, 0) is 19.6 Å². The number of aromatic amines is 1. The molecule has 0 atom stereocenters. The fourth-order valence-electron chi connectivity index (χ4n) is 9.05. The number of H-pyrrole nitrogens is 1. The molecule has 0 saturated carbocycles. The molecule has 0 amide bonds. The van der Waals surface area contributed by atoms with E-state index in [1.165, 1.54) is 82.0 Å². The smallest absolute Gasteiger partial charge is 0.278 e. The maximum absolute atomic E-state index is 13.0. The number of thioether (sulfide) groups is 2. The van der Waals surface area contributed by atoms with Crippen LogP contribution in [0.3, 0.4) is 0 Å². The topological polar surface area (TPSA) is 239 Å². The van der Waals surface area contributed by atoms with Gasteiger partial charge in [-0.05, 0) is 88.0 Å². The number of anilines is 3. The molecule has 10 heterocycles. The van der Waals surface area contributed by atoms with Gasteiger partial charge in [0.05, 0.1) is 32.0 Å². The predicted octanol–water partition coefficient (Wildman–Crippen LogP) is 6.54. The summed E-state index contributed by atoms with van der Waals surface area (Å²) in [6.07, 6.45) is 28.1. The number of nitrogens with one attached hydrogen (secondary N) is 2. The summed E-state index contributed by atoms with van der Waals surface area (Å²) < 4.78 is 7.81. The molecule has 0 aliphatic carbocycles. The Labute approximate surface area is 456 Å². The molecule has 0 bridgehead atoms. The highest BCUT2D eigenvalue weighted by molar-refractivity contribution is 14.0. The third-order valence-corrected chi connectivity index (χ3v) is 14.1. The Kier molecular flexibility index (Phi) is 17.5. The van der Waals surface area contributed by atoms with Crippen molar-refractivity contribution in [2.45, 2.75) is 55.6 Å². The van der Waals surface area contributed by atoms with Gasteiger partial charge in [0.25, 0.3) is 16.7 Å². The minimum absolute atomic E-state index is 0. The van der Waals surface area contributed by atoms with Crippen LogP contribution in [0.1, 0.15) is 25.7 Å². The first-order valence-corrected chi connectivity index (χ1v) is 26.2. The van der Waals surface area contributed by atoms with Crippen molar-refractivity contribution >= 4 is 97.9 Å². The largest absolute Gasteiger partial charge is 0.371 e. The van der Waals surface area contributed by atoms with E-state index >= 15 is 0 Å². The molecule has 0 unspecified atom stereocenters. The van der Waals surface area contributed by atoms with Crippen LogP contribution in [-0.4, -0.2) is 129 Å². The molecule has 2 N–H and O–H groups in total. The monoisotopic (exact) mass is 1160 g/mol. The van der Waals surface area contributed by atoms with Crippen LogP contribution in [0.15, 0.2) is 143 Å². The predicted molar refractivity (Wildman–Crippen MR) is 305 cm³/mol. The molecule has 11 rings (SSSR count). The van der Waals surface area contributed by atoms with E-state index in [2.05, 4.69) is 121 Å². The zero-order valence-electron chi connectivity index (χ0n) is 41.7. The van der Waals surface area contributed by atoms with E-state index in [-0.39, 0.29) is 40.7 Å². The van der Waals surface area contributed by atoms with Crippen molar-refractivity contribution in [3.8, 4) is 11.6 Å². The van der Waals surface area contributed by atoms with E-state index in [9.17, 15) is 14.4 Å². The van der Waals surface area contributed by atoms with Crippen LogP contribution < -0.4 is 26.9 Å². The van der Waals surface area contributed by atoms with E-state index < -0.39 is 0 Å². The molecule has 25 heteroatoms. The maximum atomic E-state index is 13.0. The van der Waals surface area contributed by atoms with Crippen molar-refractivity contribution in [3.63, 3.8) is 0 Å². The molecule has 2 aliphatic heterocycles. The second-order valence-corrected chi connectivity index (χ2v) is 19.1. The zero-order chi connectivity index (χ0) is 51.8. The van der Waals surface area contributed by atoms with Crippen molar-refractivity contribution < 1.29 is 0 Å². The molecule has 2 fully saturated rings. The number of hydrogen-bond acceptors (Lipinski definition) is 18. The van der Waals surface area contributed by atoms with Crippen molar-refractivity contribution in [2.24, 2.45) is 5.41 Å². The van der Waals surface area contributed by atoms with Crippen LogP contribution in [0.4, 0.5) is 17.3 Å². The van der Waals surface area contributed by atoms with Crippen LogP contribution in [0.2, 0.25) is 0 Å². The quantitative estimate of drug-likeness (QED) is 0.0539. The summed E-state index contributed by atoms with van der Waals surface area (Å²) in [6.45, 7) is 16.8. The Morgan fingerprint density at radius 2 is 1.15 bits per heavy atom. The lowest BCUT2D eigenvalue weighted by atomic mass is 9.71. The molecular weight excluding hydrogens is 1110 g/mol. The number of likely N-dealkylation sites (tertiary alicyclic amines) is 1. The Morgan fingerprint density at radius 1 is 0.627 bits per heavy atom. The highest BCUT2D eigenvalue weighted by Crippen LogP contribution is 2.42. The van der Waals surface area contributed by atoms with Crippen molar-refractivity contribution in [3.05, 3.63) is 149 Å². The maximum Gasteiger partial charge on any atom is 0.278 e. The third kappa shape index (κ3) is 11.6. The highest BCUT2D eigenvalue weighted by atomic mass is 127. The highest BCUT2D eigenvalue weighted by Gasteiger charge is 2.37. The van der Waals surface area contributed by atoms with Gasteiger partial charge in [-0.15, -0.1) is 43.7 Å². The summed E-state index contributed by atoms with van der Waals surface area (Å²) in [5.41, 5.74) is 3.72. The molecule has 388 valence electrons. The van der Waals surface area contributed by atoms with Crippen LogP contribution in [0, 0.1) is 5.41 Å². The molecule has 75 heavy (non-hydrogen) atoms. The molecule has 2 aliphatic rings. The van der Waals surface area contributed by atoms with E-state index in [1.807, 2.05) is 12.5 Å². The second-order valence-electron chi connectivity index (χ2n) is 17.5. The summed E-state index contributed by atoms with van der Waals surface area (Å²) >= 11 is 2.85. The summed E-state index contributed by atoms with van der Waals surface area (Å²) in [6, 6.07) is 8.43. The molecular formula is C50H56IN19O3S2. The Morgan fingerprint density at radius 3 is 1.68 bits per heavy atom. The number of fused-ring (bicyclic) bond motifs is 3.